The Balaban J connectivity index is 2.18. The van der Waals surface area contributed by atoms with Crippen LogP contribution >= 0.6 is 0 Å². The topological polar surface area (TPSA) is 52.3 Å². The van der Waals surface area contributed by atoms with Crippen LogP contribution in [-0.4, -0.2) is 20.2 Å². The van der Waals surface area contributed by atoms with Gasteiger partial charge in [0.2, 0.25) is 0 Å². The first kappa shape index (κ1) is 18.1. The molecule has 128 valence electrons. The molecule has 2 unspecified atom stereocenters. The summed E-state index contributed by atoms with van der Waals surface area (Å²) in [7, 11) is -2.02. The van der Waals surface area contributed by atoms with Crippen LogP contribution in [-0.2, 0) is 9.22 Å². The molecule has 1 aromatic carbocycles. The lowest BCUT2D eigenvalue weighted by molar-refractivity contribution is -0.128. The minimum absolute atomic E-state index is 0.0167. The van der Waals surface area contributed by atoms with Gasteiger partial charge in [0.25, 0.3) is 0 Å². The Morgan fingerprint density at radius 3 is 2.52 bits per heavy atom. The van der Waals surface area contributed by atoms with Crippen LogP contribution in [0.1, 0.15) is 51.5 Å². The molecule has 23 heavy (non-hydrogen) atoms. The predicted molar refractivity (Wildman–Crippen MR) is 94.5 cm³/mol. The van der Waals surface area contributed by atoms with E-state index >= 15 is 0 Å². The molecule has 0 aromatic heterocycles. The maximum atomic E-state index is 14.2. The number of Topliss-reactive ketones (excluding diaryl/α,β-unsaturated/α-hetero) is 1. The number of nitrogens with two attached hydrogens (primary N) is 1. The number of carbonyl (C=O) groups is 1. The molecule has 1 fully saturated rings. The Hall–Kier alpha value is -1.20. The van der Waals surface area contributed by atoms with Crippen molar-refractivity contribution in [2.75, 3.05) is 5.73 Å². The molecule has 0 radical (unpaired) electrons. The summed E-state index contributed by atoms with van der Waals surface area (Å²) in [5.74, 6) is -0.111. The quantitative estimate of drug-likeness (QED) is 0.646. The number of hydrogen-bond acceptors (Lipinski definition) is 3. The largest absolute Gasteiger partial charge is 0.407 e. The SMILES string of the molecule is CC(C)(C)[Si](C)(C)OC1CC(c2ccc(N)cc2F)CCC1=O. The molecular weight excluding hydrogens is 309 g/mol. The van der Waals surface area contributed by atoms with Crippen LogP contribution in [0.15, 0.2) is 18.2 Å². The minimum atomic E-state index is -2.02. The second-order valence-corrected chi connectivity index (χ2v) is 12.8. The third-order valence-corrected chi connectivity index (χ3v) is 9.79. The molecule has 1 saturated carbocycles. The van der Waals surface area contributed by atoms with Crippen molar-refractivity contribution < 1.29 is 13.6 Å². The van der Waals surface area contributed by atoms with E-state index in [0.717, 1.165) is 0 Å². The summed E-state index contributed by atoms with van der Waals surface area (Å²) in [6.07, 6.45) is 1.28. The Bertz CT molecular complexity index is 595. The number of ketones is 1. The van der Waals surface area contributed by atoms with Gasteiger partial charge in [-0.15, -0.1) is 0 Å². The molecular formula is C18H28FNO2Si. The minimum Gasteiger partial charge on any atom is -0.407 e. The second kappa shape index (κ2) is 6.36. The molecule has 1 aliphatic carbocycles. The number of rotatable bonds is 3. The Morgan fingerprint density at radius 1 is 1.30 bits per heavy atom. The lowest BCUT2D eigenvalue weighted by atomic mass is 9.81. The first-order valence-corrected chi connectivity index (χ1v) is 11.2. The Morgan fingerprint density at radius 2 is 1.96 bits per heavy atom. The fraction of sp³-hybridized carbons (Fsp3) is 0.611. The standard InChI is InChI=1S/C18H28FNO2Si/c1-18(2,3)23(4,5)22-17-10-12(6-9-16(17)21)14-8-7-13(20)11-15(14)19/h7-8,11-12,17H,6,9-10,20H2,1-5H3. The van der Waals surface area contributed by atoms with Gasteiger partial charge in [0.15, 0.2) is 14.1 Å². The van der Waals surface area contributed by atoms with Gasteiger partial charge in [0.1, 0.15) is 11.9 Å². The van der Waals surface area contributed by atoms with Gasteiger partial charge in [0.05, 0.1) is 0 Å². The van der Waals surface area contributed by atoms with Crippen LogP contribution in [0.3, 0.4) is 0 Å². The van der Waals surface area contributed by atoms with Gasteiger partial charge in [-0.1, -0.05) is 26.8 Å². The average Bonchev–Trinajstić information content (AvgIpc) is 2.40. The summed E-state index contributed by atoms with van der Waals surface area (Å²) in [6, 6.07) is 4.82. The molecule has 0 aliphatic heterocycles. The molecule has 1 aromatic rings. The van der Waals surface area contributed by atoms with Crippen molar-refractivity contribution in [2.24, 2.45) is 0 Å². The monoisotopic (exact) mass is 337 g/mol. The molecule has 3 nitrogen and oxygen atoms in total. The van der Waals surface area contributed by atoms with Crippen molar-refractivity contribution in [3.8, 4) is 0 Å². The first-order chi connectivity index (χ1) is 10.5. The van der Waals surface area contributed by atoms with Crippen LogP contribution in [0.5, 0.6) is 0 Å². The molecule has 2 atom stereocenters. The summed E-state index contributed by atoms with van der Waals surface area (Å²) >= 11 is 0. The van der Waals surface area contributed by atoms with Crippen molar-refractivity contribution in [1.29, 1.82) is 0 Å². The van der Waals surface area contributed by atoms with Gasteiger partial charge < -0.3 is 10.2 Å². The molecule has 0 spiro atoms. The molecule has 0 bridgehead atoms. The number of nitrogen functional groups attached to an aromatic ring is 1. The lowest BCUT2D eigenvalue weighted by Gasteiger charge is -2.41. The van der Waals surface area contributed by atoms with Crippen LogP contribution in [0.4, 0.5) is 10.1 Å². The van der Waals surface area contributed by atoms with Crippen LogP contribution < -0.4 is 5.73 Å². The normalized spacial score (nSPS) is 23.1. The van der Waals surface area contributed by atoms with E-state index in [1.54, 1.807) is 12.1 Å². The van der Waals surface area contributed by atoms with Crippen molar-refractivity contribution in [1.82, 2.24) is 0 Å². The number of carbonyl (C=O) groups excluding carboxylic acids is 1. The zero-order valence-corrected chi connectivity index (χ0v) is 15.8. The molecule has 2 rings (SSSR count). The molecule has 2 N–H and O–H groups in total. The van der Waals surface area contributed by atoms with Gasteiger partial charge in [0, 0.05) is 12.1 Å². The third-order valence-electron chi connectivity index (χ3n) is 5.30. The number of benzene rings is 1. The van der Waals surface area contributed by atoms with E-state index < -0.39 is 14.4 Å². The third kappa shape index (κ3) is 4.01. The van der Waals surface area contributed by atoms with E-state index in [9.17, 15) is 9.18 Å². The summed E-state index contributed by atoms with van der Waals surface area (Å²) < 4.78 is 20.5. The zero-order chi connectivity index (χ0) is 17.4. The van der Waals surface area contributed by atoms with Crippen molar-refractivity contribution in [2.45, 2.75) is 70.2 Å². The highest BCUT2D eigenvalue weighted by Crippen LogP contribution is 2.41. The fourth-order valence-corrected chi connectivity index (χ4v) is 4.08. The maximum Gasteiger partial charge on any atom is 0.193 e. The summed E-state index contributed by atoms with van der Waals surface area (Å²) in [6.45, 7) is 10.8. The van der Waals surface area contributed by atoms with E-state index in [2.05, 4.69) is 33.9 Å². The van der Waals surface area contributed by atoms with Gasteiger partial charge in [-0.2, -0.15) is 0 Å². The maximum absolute atomic E-state index is 14.2. The number of hydrogen-bond donors (Lipinski definition) is 1. The van der Waals surface area contributed by atoms with E-state index in [1.807, 2.05) is 0 Å². The van der Waals surface area contributed by atoms with E-state index in [1.165, 1.54) is 6.07 Å². The fourth-order valence-electron chi connectivity index (χ4n) is 2.79. The molecule has 1 aliphatic rings. The lowest BCUT2D eigenvalue weighted by Crippen LogP contribution is -2.47. The molecule has 0 saturated heterocycles. The smallest absolute Gasteiger partial charge is 0.193 e. The van der Waals surface area contributed by atoms with Crippen LogP contribution in [0.25, 0.3) is 0 Å². The van der Waals surface area contributed by atoms with E-state index in [4.69, 9.17) is 10.2 Å². The van der Waals surface area contributed by atoms with Gasteiger partial charge in [-0.05, 0) is 54.6 Å². The van der Waals surface area contributed by atoms with Crippen LogP contribution in [0, 0.1) is 5.82 Å². The Labute approximate surface area is 139 Å². The summed E-state index contributed by atoms with van der Waals surface area (Å²) in [5.41, 5.74) is 6.70. The van der Waals surface area contributed by atoms with Crippen LogP contribution in [0.2, 0.25) is 18.1 Å². The Kier molecular flexibility index (Phi) is 5.02. The van der Waals surface area contributed by atoms with Gasteiger partial charge in [-0.3, -0.25) is 4.79 Å². The van der Waals surface area contributed by atoms with Crippen molar-refractivity contribution in [3.63, 3.8) is 0 Å². The predicted octanol–water partition coefficient (Wildman–Crippen LogP) is 4.63. The molecule has 5 heteroatoms. The van der Waals surface area contributed by atoms with E-state index in [0.29, 0.717) is 30.5 Å². The highest BCUT2D eigenvalue weighted by Gasteiger charge is 2.42. The first-order valence-electron chi connectivity index (χ1n) is 8.27. The molecule has 0 amide bonds. The highest BCUT2D eigenvalue weighted by atomic mass is 28.4. The summed E-state index contributed by atoms with van der Waals surface area (Å²) in [4.78, 5) is 12.3. The number of anilines is 1. The zero-order valence-electron chi connectivity index (χ0n) is 14.8. The second-order valence-electron chi connectivity index (χ2n) is 8.09. The van der Waals surface area contributed by atoms with Gasteiger partial charge in [-0.25, -0.2) is 4.39 Å². The van der Waals surface area contributed by atoms with Crippen molar-refractivity contribution >= 4 is 19.8 Å². The van der Waals surface area contributed by atoms with E-state index in [-0.39, 0.29) is 22.6 Å². The van der Waals surface area contributed by atoms with Gasteiger partial charge >= 0.3 is 0 Å². The average molecular weight is 338 g/mol. The summed E-state index contributed by atoms with van der Waals surface area (Å²) in [5, 5.41) is 0.0483. The molecule has 0 heterocycles. The number of halogens is 1. The highest BCUT2D eigenvalue weighted by molar-refractivity contribution is 6.74. The van der Waals surface area contributed by atoms with Crippen molar-refractivity contribution in [3.05, 3.63) is 29.6 Å².